The number of hydrogen-bond donors (Lipinski definition) is 1. The van der Waals surface area contributed by atoms with E-state index in [9.17, 15) is 13.2 Å². The van der Waals surface area contributed by atoms with Crippen molar-refractivity contribution in [3.8, 4) is 11.5 Å². The predicted octanol–water partition coefficient (Wildman–Crippen LogP) is 2.97. The molecule has 1 N–H and O–H groups in total. The van der Waals surface area contributed by atoms with Crippen LogP contribution in [-0.2, 0) is 23.0 Å². The summed E-state index contributed by atoms with van der Waals surface area (Å²) in [6, 6.07) is 10.8. The average Bonchev–Trinajstić information content (AvgIpc) is 2.75. The van der Waals surface area contributed by atoms with Crippen LogP contribution in [-0.4, -0.2) is 51.7 Å². The van der Waals surface area contributed by atoms with Gasteiger partial charge in [0.15, 0.2) is 11.5 Å². The highest BCUT2D eigenvalue weighted by Crippen LogP contribution is 2.33. The summed E-state index contributed by atoms with van der Waals surface area (Å²) in [5, 5.41) is 2.77. The first-order chi connectivity index (χ1) is 14.3. The molecule has 0 aromatic heterocycles. The Hall–Kier alpha value is -2.10. The maximum Gasteiger partial charge on any atom is 0.251 e. The molecule has 0 atom stereocenters. The molecule has 30 heavy (non-hydrogen) atoms. The number of nitrogens with zero attached hydrogens (tertiary/aromatic N) is 1. The van der Waals surface area contributed by atoms with Crippen LogP contribution in [0.5, 0.6) is 11.5 Å². The number of methoxy groups -OCH3 is 2. The van der Waals surface area contributed by atoms with Gasteiger partial charge < -0.3 is 14.8 Å². The molecule has 1 heterocycles. The Balaban J connectivity index is 1.56. The molecule has 2 aromatic rings. The van der Waals surface area contributed by atoms with Crippen LogP contribution in [0.3, 0.4) is 0 Å². The van der Waals surface area contributed by atoms with Crippen molar-refractivity contribution >= 4 is 31.9 Å². The molecular weight excluding hydrogens is 472 g/mol. The topological polar surface area (TPSA) is 84.9 Å². The van der Waals surface area contributed by atoms with E-state index < -0.39 is 10.0 Å². The molecule has 0 radical (unpaired) electrons. The fraction of sp³-hybridized carbons (Fsp3) is 0.381. The number of sulfonamides is 1. The molecule has 0 saturated carbocycles. The number of carbonyl (C=O) groups excluding carboxylic acids is 1. The van der Waals surface area contributed by atoms with Crippen molar-refractivity contribution in [1.29, 1.82) is 0 Å². The quantitative estimate of drug-likeness (QED) is 0.567. The van der Waals surface area contributed by atoms with Crippen LogP contribution in [0.2, 0.25) is 0 Å². The van der Waals surface area contributed by atoms with Gasteiger partial charge in [0.2, 0.25) is 10.0 Å². The van der Waals surface area contributed by atoms with Crippen LogP contribution in [0.25, 0.3) is 0 Å². The summed E-state index contributed by atoms with van der Waals surface area (Å²) >= 11 is 3.33. The minimum atomic E-state index is -3.43. The molecule has 0 saturated heterocycles. The van der Waals surface area contributed by atoms with E-state index >= 15 is 0 Å². The first-order valence-electron chi connectivity index (χ1n) is 9.59. The van der Waals surface area contributed by atoms with E-state index in [0.29, 0.717) is 49.5 Å². The third kappa shape index (κ3) is 5.33. The van der Waals surface area contributed by atoms with Crippen molar-refractivity contribution < 1.29 is 22.7 Å². The Morgan fingerprint density at radius 1 is 1.13 bits per heavy atom. The van der Waals surface area contributed by atoms with E-state index in [1.165, 1.54) is 4.31 Å². The molecule has 162 valence electrons. The second-order valence-corrected chi connectivity index (χ2v) is 10.00. The number of amides is 1. The monoisotopic (exact) mass is 496 g/mol. The van der Waals surface area contributed by atoms with E-state index in [-0.39, 0.29) is 11.7 Å². The van der Waals surface area contributed by atoms with E-state index in [4.69, 9.17) is 9.47 Å². The summed E-state index contributed by atoms with van der Waals surface area (Å²) < 4.78 is 38.5. The van der Waals surface area contributed by atoms with Gasteiger partial charge in [0, 0.05) is 29.7 Å². The smallest absolute Gasteiger partial charge is 0.251 e. The number of benzene rings is 2. The highest BCUT2D eigenvalue weighted by molar-refractivity contribution is 9.10. The summed E-state index contributed by atoms with van der Waals surface area (Å²) in [5.41, 5.74) is 2.52. The third-order valence-corrected chi connectivity index (χ3v) is 7.42. The van der Waals surface area contributed by atoms with Crippen molar-refractivity contribution in [3.05, 3.63) is 57.6 Å². The standard InChI is InChI=1S/C21H25BrN2O5S/c1-28-19-12-15-7-9-24(14-17(15)13-20(19)29-2)30(26,27)10-4-8-23-21(25)16-5-3-6-18(22)11-16/h3,5-6,11-13H,4,7-10,14H2,1-2H3,(H,23,25). The van der Waals surface area contributed by atoms with Gasteiger partial charge in [-0.15, -0.1) is 0 Å². The molecule has 3 rings (SSSR count). The molecule has 7 nitrogen and oxygen atoms in total. The number of fused-ring (bicyclic) bond motifs is 1. The van der Waals surface area contributed by atoms with Crippen LogP contribution >= 0.6 is 15.9 Å². The zero-order valence-electron chi connectivity index (χ0n) is 17.0. The lowest BCUT2D eigenvalue weighted by Crippen LogP contribution is -2.38. The maximum absolute atomic E-state index is 12.8. The number of halogens is 1. The lowest BCUT2D eigenvalue weighted by molar-refractivity contribution is 0.0953. The normalized spacial score (nSPS) is 14.1. The van der Waals surface area contributed by atoms with Crippen LogP contribution in [0.1, 0.15) is 27.9 Å². The summed E-state index contributed by atoms with van der Waals surface area (Å²) in [7, 11) is -0.286. The first-order valence-corrected chi connectivity index (χ1v) is 12.0. The van der Waals surface area contributed by atoms with E-state index in [2.05, 4.69) is 21.2 Å². The minimum Gasteiger partial charge on any atom is -0.493 e. The van der Waals surface area contributed by atoms with Gasteiger partial charge in [0.25, 0.3) is 5.91 Å². The predicted molar refractivity (Wildman–Crippen MR) is 119 cm³/mol. The highest BCUT2D eigenvalue weighted by Gasteiger charge is 2.27. The Morgan fingerprint density at radius 3 is 2.50 bits per heavy atom. The second kappa shape index (κ2) is 9.80. The van der Waals surface area contributed by atoms with E-state index in [0.717, 1.165) is 15.6 Å². The fourth-order valence-electron chi connectivity index (χ4n) is 3.41. The first kappa shape index (κ1) is 22.6. The van der Waals surface area contributed by atoms with Crippen molar-refractivity contribution in [2.45, 2.75) is 19.4 Å². The fourth-order valence-corrected chi connectivity index (χ4v) is 5.28. The third-order valence-electron chi connectivity index (χ3n) is 5.03. The Labute approximate surface area is 185 Å². The summed E-state index contributed by atoms with van der Waals surface area (Å²) in [6.07, 6.45) is 0.964. The Morgan fingerprint density at radius 2 is 1.83 bits per heavy atom. The molecule has 1 aliphatic heterocycles. The molecule has 0 unspecified atom stereocenters. The number of rotatable bonds is 8. The second-order valence-electron chi connectivity index (χ2n) is 7.00. The number of ether oxygens (including phenoxy) is 2. The van der Waals surface area contributed by atoms with Gasteiger partial charge in [-0.1, -0.05) is 22.0 Å². The largest absolute Gasteiger partial charge is 0.493 e. The van der Waals surface area contributed by atoms with Crippen molar-refractivity contribution in [2.75, 3.05) is 33.1 Å². The van der Waals surface area contributed by atoms with Crippen molar-refractivity contribution in [1.82, 2.24) is 9.62 Å². The summed E-state index contributed by atoms with van der Waals surface area (Å²) in [5.74, 6) is 0.995. The Bertz CT molecular complexity index is 1030. The van der Waals surface area contributed by atoms with Gasteiger partial charge in [-0.3, -0.25) is 4.79 Å². The van der Waals surface area contributed by atoms with Gasteiger partial charge >= 0.3 is 0 Å². The summed E-state index contributed by atoms with van der Waals surface area (Å²) in [6.45, 7) is 1.03. The van der Waals surface area contributed by atoms with E-state index in [1.807, 2.05) is 18.2 Å². The van der Waals surface area contributed by atoms with Crippen LogP contribution in [0, 0.1) is 0 Å². The lowest BCUT2D eigenvalue weighted by Gasteiger charge is -2.29. The van der Waals surface area contributed by atoms with Crippen LogP contribution < -0.4 is 14.8 Å². The molecule has 1 amide bonds. The zero-order chi connectivity index (χ0) is 21.7. The minimum absolute atomic E-state index is 0.0195. The zero-order valence-corrected chi connectivity index (χ0v) is 19.4. The number of nitrogens with one attached hydrogen (secondary N) is 1. The lowest BCUT2D eigenvalue weighted by atomic mass is 10.0. The van der Waals surface area contributed by atoms with Gasteiger partial charge in [0.1, 0.15) is 0 Å². The average molecular weight is 497 g/mol. The Kier molecular flexibility index (Phi) is 7.38. The highest BCUT2D eigenvalue weighted by atomic mass is 79.9. The van der Waals surface area contributed by atoms with Crippen LogP contribution in [0.15, 0.2) is 40.9 Å². The van der Waals surface area contributed by atoms with Gasteiger partial charge in [-0.2, -0.15) is 4.31 Å². The number of carbonyl (C=O) groups is 1. The molecule has 2 aromatic carbocycles. The molecule has 1 aliphatic rings. The molecule has 0 fully saturated rings. The van der Waals surface area contributed by atoms with Crippen LogP contribution in [0.4, 0.5) is 0 Å². The van der Waals surface area contributed by atoms with Crippen molar-refractivity contribution in [3.63, 3.8) is 0 Å². The maximum atomic E-state index is 12.8. The molecule has 0 bridgehead atoms. The molecule has 0 aliphatic carbocycles. The number of hydrogen-bond acceptors (Lipinski definition) is 5. The molecule has 9 heteroatoms. The van der Waals surface area contributed by atoms with Gasteiger partial charge in [-0.05, 0) is 54.3 Å². The van der Waals surface area contributed by atoms with Gasteiger partial charge in [-0.25, -0.2) is 8.42 Å². The van der Waals surface area contributed by atoms with E-state index in [1.54, 1.807) is 32.4 Å². The summed E-state index contributed by atoms with van der Waals surface area (Å²) in [4.78, 5) is 12.2. The van der Waals surface area contributed by atoms with Crippen molar-refractivity contribution in [2.24, 2.45) is 0 Å². The SMILES string of the molecule is COc1cc2c(cc1OC)CN(S(=O)(=O)CCCNC(=O)c1cccc(Br)c1)CC2. The molecular formula is C21H25BrN2O5S. The molecule has 0 spiro atoms. The van der Waals surface area contributed by atoms with Gasteiger partial charge in [0.05, 0.1) is 20.0 Å².